The van der Waals surface area contributed by atoms with Crippen LogP contribution in [0.25, 0.3) is 11.4 Å². The molecule has 0 saturated heterocycles. The molecule has 1 amide bonds. The van der Waals surface area contributed by atoms with E-state index in [4.69, 9.17) is 11.5 Å². The lowest BCUT2D eigenvalue weighted by Gasteiger charge is -2.06. The van der Waals surface area contributed by atoms with E-state index >= 15 is 0 Å². The van der Waals surface area contributed by atoms with Crippen LogP contribution in [0.1, 0.15) is 12.6 Å². The third kappa shape index (κ3) is 5.32. The summed E-state index contributed by atoms with van der Waals surface area (Å²) in [6.07, 6.45) is 0. The molecule has 2 aromatic heterocycles. The van der Waals surface area contributed by atoms with E-state index < -0.39 is 11.9 Å². The quantitative estimate of drug-likeness (QED) is 0.386. The Morgan fingerprint density at radius 1 is 1.29 bits per heavy atom. The fourth-order valence-electron chi connectivity index (χ4n) is 1.67. The monoisotopic (exact) mass is 348 g/mol. The summed E-state index contributed by atoms with van der Waals surface area (Å²) in [5.41, 5.74) is 12.5. The van der Waals surface area contributed by atoms with E-state index in [2.05, 4.69) is 25.0 Å². The fraction of sp³-hybridized carbons (Fsp3) is 0.214. The van der Waals surface area contributed by atoms with Crippen molar-refractivity contribution in [2.75, 3.05) is 6.61 Å². The Bertz CT molecular complexity index is 769. The molecule has 0 aromatic carbocycles. The van der Waals surface area contributed by atoms with Gasteiger partial charge in [0.1, 0.15) is 5.69 Å². The fourth-order valence-corrected chi connectivity index (χ4v) is 2.37. The van der Waals surface area contributed by atoms with E-state index in [9.17, 15) is 9.59 Å². The minimum absolute atomic E-state index is 0.0619. The van der Waals surface area contributed by atoms with E-state index in [1.165, 1.54) is 18.3 Å². The Balaban J connectivity index is 2.01. The van der Waals surface area contributed by atoms with Gasteiger partial charge < -0.3 is 21.5 Å². The minimum Gasteiger partial charge on any atom is -0.456 e. The molecule has 24 heavy (non-hydrogen) atoms. The number of pyridine rings is 1. The predicted molar refractivity (Wildman–Crippen MR) is 89.3 cm³/mol. The van der Waals surface area contributed by atoms with Gasteiger partial charge in [-0.15, -0.1) is 11.3 Å². The second-order valence-electron chi connectivity index (χ2n) is 4.62. The molecule has 126 valence electrons. The first-order valence-corrected chi connectivity index (χ1v) is 7.73. The van der Waals surface area contributed by atoms with Crippen LogP contribution in [0, 0.1) is 0 Å². The van der Waals surface area contributed by atoms with Gasteiger partial charge in [-0.1, -0.05) is 6.07 Å². The maximum Gasteiger partial charge on any atom is 0.303 e. The van der Waals surface area contributed by atoms with Crippen LogP contribution in [0.2, 0.25) is 0 Å². The number of ether oxygens (including phenoxy) is 1. The molecule has 0 fully saturated rings. The molecule has 2 rings (SSSR count). The number of nitrogens with two attached hydrogens (primary N) is 2. The molecule has 10 heteroatoms. The number of esters is 1. The Morgan fingerprint density at radius 3 is 2.79 bits per heavy atom. The van der Waals surface area contributed by atoms with E-state index in [-0.39, 0.29) is 19.1 Å². The topological polar surface area (TPSA) is 146 Å². The third-order valence-corrected chi connectivity index (χ3v) is 3.39. The molecule has 0 bridgehead atoms. The molecule has 0 aliphatic rings. The molecule has 2 aromatic rings. The molecule has 0 aliphatic heterocycles. The van der Waals surface area contributed by atoms with Crippen molar-refractivity contribution in [3.05, 3.63) is 29.3 Å². The Labute approximate surface area is 141 Å². The molecule has 0 aliphatic carbocycles. The van der Waals surface area contributed by atoms with Crippen molar-refractivity contribution in [2.45, 2.75) is 13.5 Å². The molecule has 9 nitrogen and oxygen atoms in total. The first-order valence-electron chi connectivity index (χ1n) is 6.85. The van der Waals surface area contributed by atoms with Crippen LogP contribution in [0.5, 0.6) is 0 Å². The van der Waals surface area contributed by atoms with Crippen molar-refractivity contribution in [1.29, 1.82) is 0 Å². The smallest absolute Gasteiger partial charge is 0.303 e. The summed E-state index contributed by atoms with van der Waals surface area (Å²) in [5.74, 6) is -0.973. The molecule has 5 N–H and O–H groups in total. The normalized spacial score (nSPS) is 10.0. The van der Waals surface area contributed by atoms with Crippen molar-refractivity contribution in [1.82, 2.24) is 15.3 Å². The average Bonchev–Trinajstić information content (AvgIpc) is 2.99. The maximum absolute atomic E-state index is 11.5. The van der Waals surface area contributed by atoms with Crippen molar-refractivity contribution in [3.63, 3.8) is 0 Å². The first kappa shape index (κ1) is 17.3. The third-order valence-electron chi connectivity index (χ3n) is 2.66. The molecular weight excluding hydrogens is 332 g/mol. The molecular formula is C14H16N6O3S. The Hall–Kier alpha value is -3.01. The number of amides is 1. The summed E-state index contributed by atoms with van der Waals surface area (Å²) in [7, 11) is 0. The second kappa shape index (κ2) is 8.02. The zero-order chi connectivity index (χ0) is 17.5. The number of aromatic nitrogens is 2. The molecule has 0 saturated carbocycles. The number of rotatable bonds is 6. The van der Waals surface area contributed by atoms with Crippen LogP contribution in [-0.2, 0) is 20.9 Å². The lowest BCUT2D eigenvalue weighted by Crippen LogP contribution is -2.28. The van der Waals surface area contributed by atoms with E-state index in [1.807, 2.05) is 0 Å². The van der Waals surface area contributed by atoms with Crippen LogP contribution in [0.3, 0.4) is 0 Å². The van der Waals surface area contributed by atoms with Gasteiger partial charge >= 0.3 is 5.97 Å². The highest BCUT2D eigenvalue weighted by Gasteiger charge is 2.08. The van der Waals surface area contributed by atoms with E-state index in [0.717, 1.165) is 0 Å². The Kier molecular flexibility index (Phi) is 5.79. The summed E-state index contributed by atoms with van der Waals surface area (Å²) in [6, 6.07) is 5.35. The first-order chi connectivity index (χ1) is 11.4. The number of guanidine groups is 1. The summed E-state index contributed by atoms with van der Waals surface area (Å²) >= 11 is 1.29. The lowest BCUT2D eigenvalue weighted by molar-refractivity contribution is -0.146. The van der Waals surface area contributed by atoms with E-state index in [0.29, 0.717) is 22.2 Å². The number of hydrogen-bond acceptors (Lipinski definition) is 7. The van der Waals surface area contributed by atoms with Crippen LogP contribution in [-0.4, -0.2) is 34.4 Å². The second-order valence-corrected chi connectivity index (χ2v) is 5.46. The number of carbonyl (C=O) groups excluding carboxylic acids is 2. The van der Waals surface area contributed by atoms with Gasteiger partial charge in [-0.3, -0.25) is 9.59 Å². The van der Waals surface area contributed by atoms with Crippen LogP contribution in [0.15, 0.2) is 28.6 Å². The van der Waals surface area contributed by atoms with Crippen molar-refractivity contribution < 1.29 is 14.3 Å². The number of carbonyl (C=O) groups is 2. The summed E-state index contributed by atoms with van der Waals surface area (Å²) in [6.45, 7) is 1.13. The van der Waals surface area contributed by atoms with Crippen molar-refractivity contribution >= 4 is 34.3 Å². The lowest BCUT2D eigenvalue weighted by atomic mass is 10.2. The minimum atomic E-state index is -0.509. The summed E-state index contributed by atoms with van der Waals surface area (Å²) in [4.78, 5) is 34.7. The average molecular weight is 348 g/mol. The largest absolute Gasteiger partial charge is 0.456 e. The van der Waals surface area contributed by atoms with Crippen LogP contribution >= 0.6 is 11.3 Å². The molecule has 0 unspecified atom stereocenters. The summed E-state index contributed by atoms with van der Waals surface area (Å²) < 4.78 is 4.61. The van der Waals surface area contributed by atoms with Gasteiger partial charge in [0, 0.05) is 12.3 Å². The van der Waals surface area contributed by atoms with Crippen LogP contribution in [0.4, 0.5) is 5.13 Å². The van der Waals surface area contributed by atoms with Crippen molar-refractivity contribution in [2.24, 2.45) is 16.5 Å². The standard InChI is InChI=1S/C14H16N6O3S/c1-8(21)23-6-12(22)17-5-9-3-2-4-10(18-9)11-7-24-14(19-11)20-13(15)16/h2-4,7H,5-6H2,1H3,(H,17,22)(H4,15,16,19,20). The van der Waals surface area contributed by atoms with Gasteiger partial charge in [0.2, 0.25) is 5.13 Å². The number of nitrogens with zero attached hydrogens (tertiary/aromatic N) is 3. The predicted octanol–water partition coefficient (Wildman–Crippen LogP) is 0.289. The SMILES string of the molecule is CC(=O)OCC(=O)NCc1cccc(-c2csc(N=C(N)N)n2)n1. The number of aliphatic imine (C=N–C) groups is 1. The summed E-state index contributed by atoms with van der Waals surface area (Å²) in [5, 5.41) is 4.83. The number of nitrogens with one attached hydrogen (secondary N) is 1. The zero-order valence-electron chi connectivity index (χ0n) is 12.9. The molecule has 0 atom stereocenters. The highest BCUT2D eigenvalue weighted by molar-refractivity contribution is 7.13. The molecule has 0 radical (unpaired) electrons. The van der Waals surface area contributed by atoms with Gasteiger partial charge in [-0.2, -0.15) is 4.99 Å². The van der Waals surface area contributed by atoms with Gasteiger partial charge in [0.05, 0.1) is 17.9 Å². The van der Waals surface area contributed by atoms with Crippen LogP contribution < -0.4 is 16.8 Å². The molecule has 2 heterocycles. The van der Waals surface area contributed by atoms with Crippen molar-refractivity contribution in [3.8, 4) is 11.4 Å². The van der Waals surface area contributed by atoms with E-state index in [1.54, 1.807) is 23.6 Å². The van der Waals surface area contributed by atoms with Gasteiger partial charge in [0.15, 0.2) is 12.6 Å². The molecule has 0 spiro atoms. The maximum atomic E-state index is 11.5. The van der Waals surface area contributed by atoms with Gasteiger partial charge in [0.25, 0.3) is 5.91 Å². The van der Waals surface area contributed by atoms with Gasteiger partial charge in [-0.05, 0) is 12.1 Å². The highest BCUT2D eigenvalue weighted by atomic mass is 32.1. The Morgan fingerprint density at radius 2 is 2.08 bits per heavy atom. The number of hydrogen-bond donors (Lipinski definition) is 3. The highest BCUT2D eigenvalue weighted by Crippen LogP contribution is 2.25. The zero-order valence-corrected chi connectivity index (χ0v) is 13.7. The van der Waals surface area contributed by atoms with Gasteiger partial charge in [-0.25, -0.2) is 9.97 Å². The number of thiazole rings is 1.